The molecule has 158 valence electrons. The number of phenolic OH excluding ortho intramolecular Hbond substituents is 1. The third-order valence-electron chi connectivity index (χ3n) is 5.47. The van der Waals surface area contributed by atoms with Gasteiger partial charge in [-0.15, -0.1) is 0 Å². The lowest BCUT2D eigenvalue weighted by Crippen LogP contribution is -2.47. The number of piperazine rings is 1. The highest BCUT2D eigenvalue weighted by Gasteiger charge is 2.22. The summed E-state index contributed by atoms with van der Waals surface area (Å²) in [6.07, 6.45) is 1.68. The molecule has 3 aromatic heterocycles. The van der Waals surface area contributed by atoms with E-state index in [9.17, 15) is 5.11 Å². The summed E-state index contributed by atoms with van der Waals surface area (Å²) >= 11 is 6.01. The first-order chi connectivity index (χ1) is 15.0. The molecule has 4 aromatic rings. The number of aryl methyl sites for hydroxylation is 1. The van der Waals surface area contributed by atoms with Gasteiger partial charge in [-0.05, 0) is 43.3 Å². The molecule has 0 radical (unpaired) electrons. The molecule has 1 fully saturated rings. The van der Waals surface area contributed by atoms with E-state index in [1.165, 1.54) is 0 Å². The number of phenols is 1. The largest absolute Gasteiger partial charge is 0.508 e. The fourth-order valence-electron chi connectivity index (χ4n) is 3.83. The molecule has 1 saturated heterocycles. The van der Waals surface area contributed by atoms with Crippen LogP contribution in [0.2, 0.25) is 5.15 Å². The molecule has 0 spiro atoms. The van der Waals surface area contributed by atoms with Crippen LogP contribution < -0.4 is 15.5 Å². The van der Waals surface area contributed by atoms with Crippen LogP contribution in [0.1, 0.15) is 5.69 Å². The van der Waals surface area contributed by atoms with E-state index in [0.717, 1.165) is 43.2 Å². The Morgan fingerprint density at radius 3 is 2.35 bits per heavy atom. The van der Waals surface area contributed by atoms with E-state index in [1.807, 2.05) is 29.7 Å². The molecule has 1 aliphatic rings. The van der Waals surface area contributed by atoms with Crippen molar-refractivity contribution in [2.24, 2.45) is 0 Å². The highest BCUT2D eigenvalue weighted by Crippen LogP contribution is 2.26. The fourth-order valence-corrected chi connectivity index (χ4v) is 4.02. The van der Waals surface area contributed by atoms with Crippen LogP contribution in [0.5, 0.6) is 5.75 Å². The summed E-state index contributed by atoms with van der Waals surface area (Å²) in [5, 5.41) is 9.94. The van der Waals surface area contributed by atoms with Crippen molar-refractivity contribution in [3.05, 3.63) is 53.6 Å². The van der Waals surface area contributed by atoms with Gasteiger partial charge in [-0.25, -0.2) is 9.97 Å². The summed E-state index contributed by atoms with van der Waals surface area (Å²) in [5.74, 6) is 1.19. The Kier molecular flexibility index (Phi) is 4.74. The van der Waals surface area contributed by atoms with Gasteiger partial charge in [-0.3, -0.25) is 4.57 Å². The Morgan fingerprint density at radius 2 is 1.65 bits per heavy atom. The highest BCUT2D eigenvalue weighted by molar-refractivity contribution is 6.29. The molecule has 0 unspecified atom stereocenters. The normalized spacial score (nSPS) is 14.4. The molecule has 0 atom stereocenters. The Labute approximate surface area is 183 Å². The van der Waals surface area contributed by atoms with Crippen molar-refractivity contribution < 1.29 is 5.11 Å². The van der Waals surface area contributed by atoms with Gasteiger partial charge >= 0.3 is 0 Å². The summed E-state index contributed by atoms with van der Waals surface area (Å²) < 4.78 is 1.86. The average molecular weight is 437 g/mol. The standard InChI is InChI=1S/C21H21ClN8O/c1-13-16(6-7-17(22)25-13)30-12-24-18-19(23)26-21(27-20(18)30)29-10-8-28(9-11-29)14-2-4-15(31)5-3-14/h2-7,12,31H,8-11H2,1H3,(H2,23,26,27). The van der Waals surface area contributed by atoms with Gasteiger partial charge in [0.15, 0.2) is 17.0 Å². The van der Waals surface area contributed by atoms with E-state index < -0.39 is 0 Å². The SMILES string of the molecule is Cc1nc(Cl)ccc1-n1cnc2c(N)nc(N3CCN(c4ccc(O)cc4)CC3)nc21. The van der Waals surface area contributed by atoms with E-state index in [1.54, 1.807) is 24.5 Å². The summed E-state index contributed by atoms with van der Waals surface area (Å²) in [4.78, 5) is 22.4. The minimum absolute atomic E-state index is 0.266. The summed E-state index contributed by atoms with van der Waals surface area (Å²) in [6, 6.07) is 10.9. The molecule has 9 nitrogen and oxygen atoms in total. The second kappa shape index (κ2) is 7.59. The first-order valence-electron chi connectivity index (χ1n) is 9.92. The number of rotatable bonds is 3. The predicted molar refractivity (Wildman–Crippen MR) is 121 cm³/mol. The molecular formula is C21H21ClN8O. The van der Waals surface area contributed by atoms with Gasteiger partial charge in [0.25, 0.3) is 0 Å². The molecule has 1 aliphatic heterocycles. The number of nitrogens with two attached hydrogens (primary N) is 1. The van der Waals surface area contributed by atoms with Crippen molar-refractivity contribution in [1.29, 1.82) is 0 Å². The number of aromatic nitrogens is 5. The minimum Gasteiger partial charge on any atom is -0.508 e. The van der Waals surface area contributed by atoms with Gasteiger partial charge in [0.05, 0.1) is 11.4 Å². The summed E-state index contributed by atoms with van der Waals surface area (Å²) in [6.45, 7) is 5.02. The first-order valence-corrected chi connectivity index (χ1v) is 10.3. The van der Waals surface area contributed by atoms with Gasteiger partial charge in [0, 0.05) is 31.9 Å². The Bertz CT molecular complexity index is 1250. The molecule has 3 N–H and O–H groups in total. The van der Waals surface area contributed by atoms with Crippen LogP contribution in [0.4, 0.5) is 17.5 Å². The number of imidazole rings is 1. The van der Waals surface area contributed by atoms with E-state index in [-0.39, 0.29) is 5.75 Å². The molecule has 5 rings (SSSR count). The number of pyridine rings is 1. The molecule has 4 heterocycles. The van der Waals surface area contributed by atoms with Crippen LogP contribution in [0.25, 0.3) is 16.9 Å². The molecule has 0 amide bonds. The van der Waals surface area contributed by atoms with E-state index in [4.69, 9.17) is 22.3 Å². The first kappa shape index (κ1) is 19.4. The number of nitrogens with zero attached hydrogens (tertiary/aromatic N) is 7. The van der Waals surface area contributed by atoms with E-state index >= 15 is 0 Å². The van der Waals surface area contributed by atoms with Crippen molar-refractivity contribution >= 4 is 40.2 Å². The lowest BCUT2D eigenvalue weighted by molar-refractivity contribution is 0.475. The third kappa shape index (κ3) is 3.57. The number of anilines is 3. The number of halogens is 1. The molecule has 1 aromatic carbocycles. The van der Waals surface area contributed by atoms with Crippen LogP contribution >= 0.6 is 11.6 Å². The minimum atomic E-state index is 0.266. The summed E-state index contributed by atoms with van der Waals surface area (Å²) in [5.41, 5.74) is 10.1. The van der Waals surface area contributed by atoms with E-state index in [2.05, 4.69) is 24.8 Å². The fraction of sp³-hybridized carbons (Fsp3) is 0.238. The second-order valence-electron chi connectivity index (χ2n) is 7.42. The maximum Gasteiger partial charge on any atom is 0.229 e. The molecule has 0 aliphatic carbocycles. The van der Waals surface area contributed by atoms with Crippen molar-refractivity contribution in [2.75, 3.05) is 41.7 Å². The Morgan fingerprint density at radius 1 is 0.935 bits per heavy atom. The van der Waals surface area contributed by atoms with Crippen molar-refractivity contribution in [3.8, 4) is 11.4 Å². The number of aromatic hydroxyl groups is 1. The zero-order chi connectivity index (χ0) is 21.5. The smallest absolute Gasteiger partial charge is 0.229 e. The topological polar surface area (TPSA) is 109 Å². The molecule has 0 saturated carbocycles. The zero-order valence-electron chi connectivity index (χ0n) is 16.9. The van der Waals surface area contributed by atoms with Gasteiger partial charge < -0.3 is 20.6 Å². The van der Waals surface area contributed by atoms with Crippen molar-refractivity contribution in [2.45, 2.75) is 6.92 Å². The van der Waals surface area contributed by atoms with Gasteiger partial charge in [0.2, 0.25) is 5.95 Å². The van der Waals surface area contributed by atoms with E-state index in [0.29, 0.717) is 28.1 Å². The van der Waals surface area contributed by atoms with Gasteiger partial charge in [0.1, 0.15) is 17.2 Å². The van der Waals surface area contributed by atoms with Crippen LogP contribution in [-0.4, -0.2) is 55.8 Å². The number of fused-ring (bicyclic) bond motifs is 1. The number of nitrogen functional groups attached to an aromatic ring is 1. The van der Waals surface area contributed by atoms with Gasteiger partial charge in [-0.1, -0.05) is 11.6 Å². The van der Waals surface area contributed by atoms with Crippen LogP contribution in [0, 0.1) is 6.92 Å². The van der Waals surface area contributed by atoms with Crippen molar-refractivity contribution in [3.63, 3.8) is 0 Å². The number of benzene rings is 1. The number of hydrogen-bond acceptors (Lipinski definition) is 8. The van der Waals surface area contributed by atoms with Gasteiger partial charge in [-0.2, -0.15) is 9.97 Å². The maximum absolute atomic E-state index is 9.50. The Balaban J connectivity index is 1.44. The lowest BCUT2D eigenvalue weighted by atomic mass is 10.2. The number of hydrogen-bond donors (Lipinski definition) is 2. The zero-order valence-corrected chi connectivity index (χ0v) is 17.7. The Hall–Kier alpha value is -3.59. The predicted octanol–water partition coefficient (Wildman–Crippen LogP) is 2.79. The van der Waals surface area contributed by atoms with Crippen LogP contribution in [0.3, 0.4) is 0 Å². The van der Waals surface area contributed by atoms with Crippen LogP contribution in [0.15, 0.2) is 42.7 Å². The lowest BCUT2D eigenvalue weighted by Gasteiger charge is -2.36. The monoisotopic (exact) mass is 436 g/mol. The quantitative estimate of drug-likeness (QED) is 0.472. The molecule has 10 heteroatoms. The highest BCUT2D eigenvalue weighted by atomic mass is 35.5. The average Bonchev–Trinajstić information content (AvgIpc) is 3.19. The molecular weight excluding hydrogens is 416 g/mol. The van der Waals surface area contributed by atoms with Crippen molar-refractivity contribution in [1.82, 2.24) is 24.5 Å². The second-order valence-corrected chi connectivity index (χ2v) is 7.81. The summed E-state index contributed by atoms with van der Waals surface area (Å²) in [7, 11) is 0. The molecule has 31 heavy (non-hydrogen) atoms. The molecule has 0 bridgehead atoms. The van der Waals surface area contributed by atoms with Crippen LogP contribution in [-0.2, 0) is 0 Å². The maximum atomic E-state index is 9.50. The third-order valence-corrected chi connectivity index (χ3v) is 5.68.